The molecule has 0 aliphatic rings. The zero-order valence-electron chi connectivity index (χ0n) is 15.2. The van der Waals surface area contributed by atoms with Crippen molar-refractivity contribution in [2.75, 3.05) is 34.9 Å². The lowest BCUT2D eigenvalue weighted by Gasteiger charge is -2.12. The molecule has 0 aliphatic heterocycles. The summed E-state index contributed by atoms with van der Waals surface area (Å²) in [5, 5.41) is 10.1. The molecule has 2 aromatic carbocycles. The standard InChI is InChI=1S/C19H20O8/c1-23-10-26-13-5-6-14(16(20)8-13)18(21)19(22)15-7-4-12(25-3)9-17(15)27-11-24-2/h4-9,20H,10-11H2,1-3H3. The normalized spacial score (nSPS) is 10.3. The van der Waals surface area contributed by atoms with Gasteiger partial charge in [-0.05, 0) is 24.3 Å². The molecule has 0 unspecified atom stereocenters. The molecular weight excluding hydrogens is 356 g/mol. The Hall–Kier alpha value is -3.10. The van der Waals surface area contributed by atoms with Crippen LogP contribution >= 0.6 is 0 Å². The molecule has 0 saturated carbocycles. The van der Waals surface area contributed by atoms with Crippen molar-refractivity contribution >= 4 is 11.6 Å². The first-order valence-electron chi connectivity index (χ1n) is 7.85. The van der Waals surface area contributed by atoms with Crippen LogP contribution in [-0.4, -0.2) is 51.6 Å². The van der Waals surface area contributed by atoms with Gasteiger partial charge in [-0.2, -0.15) is 0 Å². The molecule has 8 nitrogen and oxygen atoms in total. The number of ketones is 2. The molecule has 0 radical (unpaired) electrons. The predicted octanol–water partition coefficient (Wildman–Crippen LogP) is 2.43. The molecule has 0 saturated heterocycles. The van der Waals surface area contributed by atoms with Crippen LogP contribution in [0.15, 0.2) is 36.4 Å². The zero-order chi connectivity index (χ0) is 19.8. The van der Waals surface area contributed by atoms with Crippen molar-refractivity contribution in [2.24, 2.45) is 0 Å². The summed E-state index contributed by atoms with van der Waals surface area (Å²) in [6.07, 6.45) is 0. The van der Waals surface area contributed by atoms with Crippen LogP contribution in [0.2, 0.25) is 0 Å². The fourth-order valence-corrected chi connectivity index (χ4v) is 2.22. The number of methoxy groups -OCH3 is 3. The monoisotopic (exact) mass is 376 g/mol. The predicted molar refractivity (Wildman–Crippen MR) is 94.8 cm³/mol. The van der Waals surface area contributed by atoms with Gasteiger partial charge in [0.1, 0.15) is 23.0 Å². The lowest BCUT2D eigenvalue weighted by atomic mass is 10.00. The second-order valence-electron chi connectivity index (χ2n) is 5.30. The van der Waals surface area contributed by atoms with Crippen LogP contribution in [0.5, 0.6) is 23.0 Å². The number of phenols is 1. The SMILES string of the molecule is COCOc1ccc(C(=O)C(=O)c2ccc(OC)cc2OCOC)c(O)c1. The Bertz CT molecular complexity index is 815. The number of phenolic OH excluding ortho intramolecular Hbond substituents is 1. The maximum absolute atomic E-state index is 12.7. The number of benzene rings is 2. The van der Waals surface area contributed by atoms with E-state index in [1.54, 1.807) is 0 Å². The molecule has 0 aliphatic carbocycles. The van der Waals surface area contributed by atoms with Gasteiger partial charge in [-0.3, -0.25) is 9.59 Å². The number of hydrogen-bond acceptors (Lipinski definition) is 8. The quantitative estimate of drug-likeness (QED) is 0.383. The highest BCUT2D eigenvalue weighted by atomic mass is 16.7. The van der Waals surface area contributed by atoms with Gasteiger partial charge < -0.3 is 28.8 Å². The lowest BCUT2D eigenvalue weighted by molar-refractivity contribution is 0.0498. The van der Waals surface area contributed by atoms with Gasteiger partial charge >= 0.3 is 0 Å². The van der Waals surface area contributed by atoms with Gasteiger partial charge in [-0.15, -0.1) is 0 Å². The summed E-state index contributed by atoms with van der Waals surface area (Å²) in [5.41, 5.74) is -0.129. The highest BCUT2D eigenvalue weighted by molar-refractivity contribution is 6.50. The summed E-state index contributed by atoms with van der Waals surface area (Å²) in [5.74, 6) is -1.23. The van der Waals surface area contributed by atoms with Crippen LogP contribution in [-0.2, 0) is 9.47 Å². The number of carbonyl (C=O) groups is 2. The van der Waals surface area contributed by atoms with Crippen LogP contribution in [0.25, 0.3) is 0 Å². The van der Waals surface area contributed by atoms with E-state index < -0.39 is 11.6 Å². The van der Waals surface area contributed by atoms with Gasteiger partial charge in [0, 0.05) is 26.4 Å². The molecule has 2 rings (SSSR count). The molecule has 2 aromatic rings. The molecule has 27 heavy (non-hydrogen) atoms. The van der Waals surface area contributed by atoms with E-state index in [9.17, 15) is 14.7 Å². The maximum Gasteiger partial charge on any atom is 0.237 e. The molecule has 0 amide bonds. The Morgan fingerprint density at radius 1 is 0.815 bits per heavy atom. The summed E-state index contributed by atoms with van der Waals surface area (Å²) in [7, 11) is 4.35. The largest absolute Gasteiger partial charge is 0.507 e. The first-order valence-corrected chi connectivity index (χ1v) is 7.85. The lowest BCUT2D eigenvalue weighted by Crippen LogP contribution is -2.16. The van der Waals surface area contributed by atoms with E-state index in [1.165, 1.54) is 57.7 Å². The van der Waals surface area contributed by atoms with Crippen LogP contribution in [0, 0.1) is 0 Å². The maximum atomic E-state index is 12.7. The van der Waals surface area contributed by atoms with Gasteiger partial charge in [-0.25, -0.2) is 0 Å². The van der Waals surface area contributed by atoms with E-state index in [2.05, 4.69) is 0 Å². The minimum atomic E-state index is -0.891. The minimum Gasteiger partial charge on any atom is -0.507 e. The van der Waals surface area contributed by atoms with Crippen molar-refractivity contribution in [3.63, 3.8) is 0 Å². The number of aromatic hydroxyl groups is 1. The third-order valence-corrected chi connectivity index (χ3v) is 3.53. The van der Waals surface area contributed by atoms with E-state index in [1.807, 2.05) is 0 Å². The minimum absolute atomic E-state index is 0.0162. The van der Waals surface area contributed by atoms with Gasteiger partial charge in [0.05, 0.1) is 18.2 Å². The van der Waals surface area contributed by atoms with E-state index in [-0.39, 0.29) is 36.2 Å². The first-order chi connectivity index (χ1) is 13.0. The zero-order valence-corrected chi connectivity index (χ0v) is 15.2. The molecule has 0 fully saturated rings. The topological polar surface area (TPSA) is 101 Å². The fraction of sp³-hybridized carbons (Fsp3) is 0.263. The second kappa shape index (κ2) is 9.56. The van der Waals surface area contributed by atoms with Crippen molar-refractivity contribution in [1.82, 2.24) is 0 Å². The Kier molecular flexibility index (Phi) is 7.16. The molecular formula is C19H20O8. The Balaban J connectivity index is 2.30. The molecule has 0 spiro atoms. The van der Waals surface area contributed by atoms with Crippen LogP contribution < -0.4 is 14.2 Å². The van der Waals surface area contributed by atoms with E-state index in [0.29, 0.717) is 11.5 Å². The molecule has 8 heteroatoms. The van der Waals surface area contributed by atoms with Crippen molar-refractivity contribution in [2.45, 2.75) is 0 Å². The second-order valence-corrected chi connectivity index (χ2v) is 5.30. The van der Waals surface area contributed by atoms with Crippen LogP contribution in [0.3, 0.4) is 0 Å². The number of Topliss-reactive ketones (excluding diaryl/α,β-unsaturated/α-hetero) is 2. The van der Waals surface area contributed by atoms with Gasteiger partial charge in [0.2, 0.25) is 11.6 Å². The first kappa shape index (κ1) is 20.2. The van der Waals surface area contributed by atoms with E-state index >= 15 is 0 Å². The summed E-state index contributed by atoms with van der Waals surface area (Å²) in [6, 6.07) is 8.41. The highest BCUT2D eigenvalue weighted by Gasteiger charge is 2.25. The van der Waals surface area contributed by atoms with Crippen molar-refractivity contribution < 1.29 is 38.4 Å². The number of carbonyl (C=O) groups excluding carboxylic acids is 2. The Labute approximate surface area is 156 Å². The van der Waals surface area contributed by atoms with Crippen molar-refractivity contribution in [3.8, 4) is 23.0 Å². The van der Waals surface area contributed by atoms with Gasteiger partial charge in [0.25, 0.3) is 0 Å². The molecule has 0 heterocycles. The van der Waals surface area contributed by atoms with E-state index in [4.69, 9.17) is 23.7 Å². The molecule has 0 bridgehead atoms. The van der Waals surface area contributed by atoms with E-state index in [0.717, 1.165) is 0 Å². The summed E-state index contributed by atoms with van der Waals surface area (Å²) in [6.45, 7) is -0.129. The molecule has 0 aromatic heterocycles. The summed E-state index contributed by atoms with van der Waals surface area (Å²) < 4.78 is 25.2. The number of rotatable bonds is 10. The van der Waals surface area contributed by atoms with Gasteiger partial charge in [-0.1, -0.05) is 0 Å². The van der Waals surface area contributed by atoms with Gasteiger partial charge in [0.15, 0.2) is 13.6 Å². The summed E-state index contributed by atoms with van der Waals surface area (Å²) in [4.78, 5) is 25.2. The number of ether oxygens (including phenoxy) is 5. The third kappa shape index (κ3) is 4.96. The molecule has 1 N–H and O–H groups in total. The smallest absolute Gasteiger partial charge is 0.237 e. The molecule has 144 valence electrons. The Morgan fingerprint density at radius 2 is 1.41 bits per heavy atom. The van der Waals surface area contributed by atoms with Crippen LogP contribution in [0.1, 0.15) is 20.7 Å². The summed E-state index contributed by atoms with van der Waals surface area (Å²) >= 11 is 0. The van der Waals surface area contributed by atoms with Crippen molar-refractivity contribution in [1.29, 1.82) is 0 Å². The third-order valence-electron chi connectivity index (χ3n) is 3.53. The average molecular weight is 376 g/mol. The van der Waals surface area contributed by atoms with Crippen LogP contribution in [0.4, 0.5) is 0 Å². The fourth-order valence-electron chi connectivity index (χ4n) is 2.22. The Morgan fingerprint density at radius 3 is 2.04 bits per heavy atom. The van der Waals surface area contributed by atoms with Crippen molar-refractivity contribution in [3.05, 3.63) is 47.5 Å². The highest BCUT2D eigenvalue weighted by Crippen LogP contribution is 2.29. The molecule has 0 atom stereocenters. The number of hydrogen-bond donors (Lipinski definition) is 1. The average Bonchev–Trinajstić information content (AvgIpc) is 2.69.